The van der Waals surface area contributed by atoms with Gasteiger partial charge in [-0.05, 0) is 43.6 Å². The van der Waals surface area contributed by atoms with Crippen LogP contribution in [0, 0.1) is 0 Å². The molecule has 0 unspecified atom stereocenters. The van der Waals surface area contributed by atoms with Gasteiger partial charge in [-0.2, -0.15) is 0 Å². The summed E-state index contributed by atoms with van der Waals surface area (Å²) in [4.78, 5) is 2.15. The lowest BCUT2D eigenvalue weighted by atomic mass is 9.93. The maximum Gasteiger partial charge on any atom is 0.0935 e. The molecule has 2 heteroatoms. The third-order valence-corrected chi connectivity index (χ3v) is 2.82. The smallest absolute Gasteiger partial charge is 0.0935 e. The van der Waals surface area contributed by atoms with Gasteiger partial charge in [-0.3, -0.25) is 4.39 Å². The first-order valence-electron chi connectivity index (χ1n) is 5.72. The summed E-state index contributed by atoms with van der Waals surface area (Å²) < 4.78 is 12.6. The molecule has 0 N–H and O–H groups in total. The molecule has 1 aliphatic rings. The highest BCUT2D eigenvalue weighted by atomic mass is 19.1. The van der Waals surface area contributed by atoms with Crippen molar-refractivity contribution < 1.29 is 4.39 Å². The highest BCUT2D eigenvalue weighted by Crippen LogP contribution is 2.31. The van der Waals surface area contributed by atoms with Crippen LogP contribution in [0.25, 0.3) is 0 Å². The summed E-state index contributed by atoms with van der Waals surface area (Å²) in [6.45, 7) is 10.7. The van der Waals surface area contributed by atoms with E-state index in [9.17, 15) is 4.39 Å². The van der Waals surface area contributed by atoms with Crippen LogP contribution in [0.1, 0.15) is 27.2 Å². The van der Waals surface area contributed by atoms with Crippen LogP contribution in [0.5, 0.6) is 0 Å². The van der Waals surface area contributed by atoms with Crippen molar-refractivity contribution in [2.75, 3.05) is 13.2 Å². The lowest BCUT2D eigenvalue weighted by Crippen LogP contribution is -2.22. The summed E-state index contributed by atoms with van der Waals surface area (Å²) in [7, 11) is 0. The van der Waals surface area contributed by atoms with E-state index in [-0.39, 0.29) is 6.67 Å². The van der Waals surface area contributed by atoms with Crippen LogP contribution in [0.15, 0.2) is 47.3 Å². The second-order valence-electron chi connectivity index (χ2n) is 3.88. The number of rotatable bonds is 4. The minimum Gasteiger partial charge on any atom is -0.348 e. The quantitative estimate of drug-likeness (QED) is 0.694. The van der Waals surface area contributed by atoms with Crippen LogP contribution in [0.2, 0.25) is 0 Å². The first-order chi connectivity index (χ1) is 7.65. The molecule has 0 aromatic rings. The van der Waals surface area contributed by atoms with Gasteiger partial charge in [-0.15, -0.1) is 0 Å². The van der Waals surface area contributed by atoms with Gasteiger partial charge in [0.25, 0.3) is 0 Å². The van der Waals surface area contributed by atoms with Gasteiger partial charge >= 0.3 is 0 Å². The Morgan fingerprint density at radius 1 is 1.50 bits per heavy atom. The van der Waals surface area contributed by atoms with Gasteiger partial charge in [0, 0.05) is 24.9 Å². The first-order valence-corrected chi connectivity index (χ1v) is 5.72. The third kappa shape index (κ3) is 2.43. The topological polar surface area (TPSA) is 3.24 Å². The van der Waals surface area contributed by atoms with Crippen LogP contribution in [0.4, 0.5) is 4.39 Å². The van der Waals surface area contributed by atoms with Crippen molar-refractivity contribution in [2.24, 2.45) is 0 Å². The largest absolute Gasteiger partial charge is 0.348 e. The molecule has 0 bridgehead atoms. The molecule has 0 fully saturated rings. The van der Waals surface area contributed by atoms with Gasteiger partial charge in [0.1, 0.15) is 0 Å². The number of allylic oxidation sites excluding steroid dienone is 5. The molecule has 0 atom stereocenters. The summed E-state index contributed by atoms with van der Waals surface area (Å²) in [5.41, 5.74) is 4.20. The standard InChI is InChI=1S/C14H20FN/c1-5-7-14-13(8-9-15)12(4)11(3)10-16(14)6-2/h5,7,10H,4,6,8-9H2,1-3H3/b7-5-. The van der Waals surface area contributed by atoms with Crippen molar-refractivity contribution in [3.8, 4) is 0 Å². The molecule has 1 nitrogen and oxygen atoms in total. The number of halogens is 1. The van der Waals surface area contributed by atoms with Gasteiger partial charge in [0.15, 0.2) is 0 Å². The maximum absolute atomic E-state index is 12.6. The Bertz CT molecular complexity index is 361. The lowest BCUT2D eigenvalue weighted by molar-refractivity contribution is 0.465. The normalized spacial score (nSPS) is 17.4. The molecule has 0 saturated carbocycles. The van der Waals surface area contributed by atoms with Gasteiger partial charge < -0.3 is 4.90 Å². The Kier molecular flexibility index (Phi) is 4.53. The predicted molar refractivity (Wildman–Crippen MR) is 67.7 cm³/mol. The van der Waals surface area contributed by atoms with Crippen LogP contribution in [0.3, 0.4) is 0 Å². The van der Waals surface area contributed by atoms with Gasteiger partial charge in [-0.1, -0.05) is 12.7 Å². The van der Waals surface area contributed by atoms with E-state index in [1.54, 1.807) is 0 Å². The number of nitrogens with zero attached hydrogens (tertiary/aromatic N) is 1. The average molecular weight is 221 g/mol. The van der Waals surface area contributed by atoms with E-state index in [4.69, 9.17) is 0 Å². The number of likely N-dealkylation sites (N-methyl/N-ethyl adjacent to an activating group) is 1. The molecule has 0 aromatic heterocycles. The number of hydrogen-bond donors (Lipinski definition) is 0. The van der Waals surface area contributed by atoms with E-state index in [2.05, 4.69) is 24.6 Å². The van der Waals surface area contributed by atoms with Gasteiger partial charge in [-0.25, -0.2) is 0 Å². The molecule has 0 aromatic carbocycles. The lowest BCUT2D eigenvalue weighted by Gasteiger charge is -2.30. The van der Waals surface area contributed by atoms with Crippen LogP contribution >= 0.6 is 0 Å². The summed E-state index contributed by atoms with van der Waals surface area (Å²) in [5.74, 6) is 0. The van der Waals surface area contributed by atoms with E-state index in [1.807, 2.05) is 26.0 Å². The average Bonchev–Trinajstić information content (AvgIpc) is 2.28. The number of alkyl halides is 1. The van der Waals surface area contributed by atoms with Crippen molar-refractivity contribution >= 4 is 0 Å². The van der Waals surface area contributed by atoms with Crippen molar-refractivity contribution in [3.05, 3.63) is 47.3 Å². The minimum atomic E-state index is -0.333. The molecular formula is C14H20FN. The molecule has 1 rings (SSSR count). The fourth-order valence-corrected chi connectivity index (χ4v) is 1.94. The molecule has 1 heterocycles. The highest BCUT2D eigenvalue weighted by Gasteiger charge is 2.18. The van der Waals surface area contributed by atoms with E-state index in [0.29, 0.717) is 6.42 Å². The van der Waals surface area contributed by atoms with Gasteiger partial charge in [0.2, 0.25) is 0 Å². The Morgan fingerprint density at radius 3 is 2.69 bits per heavy atom. The molecule has 0 aliphatic carbocycles. The Balaban J connectivity index is 3.19. The zero-order valence-corrected chi connectivity index (χ0v) is 10.4. The van der Waals surface area contributed by atoms with Crippen molar-refractivity contribution in [1.82, 2.24) is 4.90 Å². The third-order valence-electron chi connectivity index (χ3n) is 2.82. The Hall–Kier alpha value is -1.31. The fourth-order valence-electron chi connectivity index (χ4n) is 1.94. The van der Waals surface area contributed by atoms with Crippen molar-refractivity contribution in [2.45, 2.75) is 27.2 Å². The molecular weight excluding hydrogens is 201 g/mol. The van der Waals surface area contributed by atoms with E-state index >= 15 is 0 Å². The summed E-state index contributed by atoms with van der Waals surface area (Å²) >= 11 is 0. The molecule has 0 amide bonds. The molecule has 1 aliphatic heterocycles. The monoisotopic (exact) mass is 221 g/mol. The SMILES string of the molecule is C=C1C(C)=CN(CC)C(/C=C\C)=C1CCF. The minimum absolute atomic E-state index is 0.333. The molecule has 0 saturated heterocycles. The molecule has 88 valence electrons. The number of hydrogen-bond acceptors (Lipinski definition) is 1. The molecule has 0 spiro atoms. The van der Waals surface area contributed by atoms with Crippen molar-refractivity contribution in [1.29, 1.82) is 0 Å². The Morgan fingerprint density at radius 2 is 2.19 bits per heavy atom. The maximum atomic E-state index is 12.6. The predicted octanol–water partition coefficient (Wildman–Crippen LogP) is 3.97. The van der Waals surface area contributed by atoms with E-state index < -0.39 is 0 Å². The van der Waals surface area contributed by atoms with E-state index in [1.165, 1.54) is 0 Å². The van der Waals surface area contributed by atoms with Crippen LogP contribution in [-0.2, 0) is 0 Å². The Labute approximate surface area is 97.6 Å². The second kappa shape index (κ2) is 5.69. The highest BCUT2D eigenvalue weighted by molar-refractivity contribution is 5.52. The molecule has 0 radical (unpaired) electrons. The zero-order valence-electron chi connectivity index (χ0n) is 10.4. The van der Waals surface area contributed by atoms with Crippen LogP contribution < -0.4 is 0 Å². The molecule has 16 heavy (non-hydrogen) atoms. The fraction of sp³-hybridized carbons (Fsp3) is 0.429. The summed E-state index contributed by atoms with van der Waals surface area (Å²) in [5, 5.41) is 0. The van der Waals surface area contributed by atoms with E-state index in [0.717, 1.165) is 29.0 Å². The van der Waals surface area contributed by atoms with Gasteiger partial charge in [0.05, 0.1) is 6.67 Å². The van der Waals surface area contributed by atoms with Crippen molar-refractivity contribution in [3.63, 3.8) is 0 Å². The summed E-state index contributed by atoms with van der Waals surface area (Å²) in [6, 6.07) is 0. The van der Waals surface area contributed by atoms with Crippen LogP contribution in [-0.4, -0.2) is 18.1 Å². The zero-order chi connectivity index (χ0) is 12.1. The summed E-state index contributed by atoms with van der Waals surface area (Å²) in [6.07, 6.45) is 6.54. The first kappa shape index (κ1) is 12.8. The second-order valence-corrected chi connectivity index (χ2v) is 3.88.